The third kappa shape index (κ3) is 2.70. The quantitative estimate of drug-likeness (QED) is 0.910. The van der Waals surface area contributed by atoms with E-state index in [1.165, 1.54) is 0 Å². The molecule has 0 fully saturated rings. The van der Waals surface area contributed by atoms with Crippen LogP contribution in [0, 0.1) is 20.8 Å². The highest BCUT2D eigenvalue weighted by molar-refractivity contribution is 7.92. The van der Waals surface area contributed by atoms with Crippen molar-refractivity contribution in [1.29, 1.82) is 0 Å². The molecule has 2 aromatic rings. The summed E-state index contributed by atoms with van der Waals surface area (Å²) in [4.78, 5) is 0.221. The van der Waals surface area contributed by atoms with Gasteiger partial charge in [-0.15, -0.1) is 0 Å². The second kappa shape index (κ2) is 5.28. The molecular weight excluding hydrogens is 274 g/mol. The number of H-pyrrole nitrogens is 1. The van der Waals surface area contributed by atoms with Crippen LogP contribution in [0.25, 0.3) is 0 Å². The van der Waals surface area contributed by atoms with Crippen molar-refractivity contribution in [3.8, 4) is 0 Å². The van der Waals surface area contributed by atoms with Gasteiger partial charge in [-0.25, -0.2) is 8.42 Å². The average molecular weight is 293 g/mol. The maximum atomic E-state index is 12.5. The normalized spacial score (nSPS) is 11.6. The van der Waals surface area contributed by atoms with Crippen LogP contribution < -0.4 is 4.72 Å². The molecule has 0 saturated carbocycles. The molecule has 20 heavy (non-hydrogen) atoms. The Balaban J connectivity index is 2.43. The third-order valence-electron chi connectivity index (χ3n) is 3.28. The third-order valence-corrected chi connectivity index (χ3v) is 4.91. The topological polar surface area (TPSA) is 74.8 Å². The smallest absolute Gasteiger partial charge is 0.265 e. The van der Waals surface area contributed by atoms with E-state index in [4.69, 9.17) is 0 Å². The molecule has 1 heterocycles. The molecule has 1 aromatic carbocycles. The number of nitrogens with zero attached hydrogens (tertiary/aromatic N) is 1. The summed E-state index contributed by atoms with van der Waals surface area (Å²) in [6.45, 7) is 7.29. The second-order valence-corrected chi connectivity index (χ2v) is 6.49. The molecule has 0 radical (unpaired) electrons. The number of rotatable bonds is 4. The Morgan fingerprint density at radius 3 is 2.50 bits per heavy atom. The van der Waals surface area contributed by atoms with Gasteiger partial charge < -0.3 is 0 Å². The highest BCUT2D eigenvalue weighted by Crippen LogP contribution is 2.24. The van der Waals surface area contributed by atoms with Gasteiger partial charge in [0, 0.05) is 0 Å². The summed E-state index contributed by atoms with van der Waals surface area (Å²) >= 11 is 0. The number of hydrogen-bond donors (Lipinski definition) is 2. The van der Waals surface area contributed by atoms with E-state index in [-0.39, 0.29) is 4.90 Å². The molecule has 2 rings (SSSR count). The Hall–Kier alpha value is -1.82. The lowest BCUT2D eigenvalue weighted by Crippen LogP contribution is -2.15. The van der Waals surface area contributed by atoms with E-state index in [0.717, 1.165) is 17.5 Å². The van der Waals surface area contributed by atoms with E-state index < -0.39 is 10.0 Å². The van der Waals surface area contributed by atoms with Crippen LogP contribution in [0.4, 0.5) is 5.69 Å². The van der Waals surface area contributed by atoms with Crippen molar-refractivity contribution in [1.82, 2.24) is 10.2 Å². The number of aromatic nitrogens is 2. The summed E-state index contributed by atoms with van der Waals surface area (Å²) in [6.07, 6.45) is 0.860. The molecule has 0 atom stereocenters. The lowest BCUT2D eigenvalue weighted by atomic mass is 10.1. The molecule has 1 aromatic heterocycles. The van der Waals surface area contributed by atoms with Crippen molar-refractivity contribution in [3.05, 3.63) is 40.7 Å². The number of sulfonamides is 1. The first-order valence-corrected chi connectivity index (χ1v) is 7.97. The first kappa shape index (κ1) is 14.6. The van der Waals surface area contributed by atoms with Gasteiger partial charge in [0.15, 0.2) is 0 Å². The SMILES string of the molecule is CCc1ccc(C)c(NS(=O)(=O)c2c(C)n[nH]c2C)c1. The van der Waals surface area contributed by atoms with Gasteiger partial charge in [-0.2, -0.15) is 5.10 Å². The maximum Gasteiger partial charge on any atom is 0.265 e. The molecule has 0 amide bonds. The van der Waals surface area contributed by atoms with E-state index in [1.807, 2.05) is 32.0 Å². The lowest BCUT2D eigenvalue weighted by molar-refractivity contribution is 0.600. The molecule has 0 unspecified atom stereocenters. The predicted molar refractivity (Wildman–Crippen MR) is 79.4 cm³/mol. The molecule has 0 aliphatic carbocycles. The number of anilines is 1. The minimum atomic E-state index is -3.62. The summed E-state index contributed by atoms with van der Waals surface area (Å²) in [5, 5.41) is 6.63. The highest BCUT2D eigenvalue weighted by atomic mass is 32.2. The summed E-state index contributed by atoms with van der Waals surface area (Å²) in [5.74, 6) is 0. The van der Waals surface area contributed by atoms with E-state index in [2.05, 4.69) is 14.9 Å². The Morgan fingerprint density at radius 2 is 1.95 bits per heavy atom. The number of hydrogen-bond acceptors (Lipinski definition) is 3. The second-order valence-electron chi connectivity index (χ2n) is 4.87. The van der Waals surface area contributed by atoms with Crippen LogP contribution in [-0.2, 0) is 16.4 Å². The summed E-state index contributed by atoms with van der Waals surface area (Å²) in [7, 11) is -3.62. The van der Waals surface area contributed by atoms with Crippen LogP contribution in [0.1, 0.15) is 29.4 Å². The highest BCUT2D eigenvalue weighted by Gasteiger charge is 2.22. The zero-order valence-electron chi connectivity index (χ0n) is 12.1. The van der Waals surface area contributed by atoms with Gasteiger partial charge in [0.2, 0.25) is 0 Å². The van der Waals surface area contributed by atoms with Crippen molar-refractivity contribution in [2.75, 3.05) is 4.72 Å². The summed E-state index contributed by atoms with van der Waals surface area (Å²) in [5.41, 5.74) is 3.61. The number of aryl methyl sites for hydroxylation is 4. The molecule has 0 spiro atoms. The van der Waals surface area contributed by atoms with E-state index in [0.29, 0.717) is 17.1 Å². The van der Waals surface area contributed by atoms with Crippen LogP contribution >= 0.6 is 0 Å². The van der Waals surface area contributed by atoms with Crippen LogP contribution in [0.5, 0.6) is 0 Å². The molecule has 6 heteroatoms. The van der Waals surface area contributed by atoms with Crippen LogP contribution in [0.2, 0.25) is 0 Å². The largest absolute Gasteiger partial charge is 0.281 e. The zero-order valence-corrected chi connectivity index (χ0v) is 12.9. The Kier molecular flexibility index (Phi) is 3.85. The van der Waals surface area contributed by atoms with Gasteiger partial charge in [-0.05, 0) is 44.4 Å². The Morgan fingerprint density at radius 1 is 1.25 bits per heavy atom. The van der Waals surface area contributed by atoms with Gasteiger partial charge in [0.25, 0.3) is 10.0 Å². The van der Waals surface area contributed by atoms with Gasteiger partial charge in [0.05, 0.1) is 17.1 Å². The van der Waals surface area contributed by atoms with E-state index >= 15 is 0 Å². The minimum absolute atomic E-state index is 0.221. The van der Waals surface area contributed by atoms with Crippen molar-refractivity contribution in [2.45, 2.75) is 39.0 Å². The van der Waals surface area contributed by atoms with Crippen molar-refractivity contribution in [3.63, 3.8) is 0 Å². The maximum absolute atomic E-state index is 12.5. The first-order chi connectivity index (χ1) is 9.35. The lowest BCUT2D eigenvalue weighted by Gasteiger charge is -2.12. The number of benzene rings is 1. The van der Waals surface area contributed by atoms with Gasteiger partial charge in [0.1, 0.15) is 4.90 Å². The minimum Gasteiger partial charge on any atom is -0.281 e. The molecule has 0 aliphatic rings. The van der Waals surface area contributed by atoms with Crippen LogP contribution in [0.15, 0.2) is 23.1 Å². The van der Waals surface area contributed by atoms with E-state index in [1.54, 1.807) is 13.8 Å². The van der Waals surface area contributed by atoms with Gasteiger partial charge >= 0.3 is 0 Å². The van der Waals surface area contributed by atoms with E-state index in [9.17, 15) is 8.42 Å². The van der Waals surface area contributed by atoms with Gasteiger partial charge in [-0.1, -0.05) is 19.1 Å². The Bertz CT molecular complexity index is 713. The molecule has 0 saturated heterocycles. The fourth-order valence-corrected chi connectivity index (χ4v) is 3.63. The first-order valence-electron chi connectivity index (χ1n) is 6.49. The number of nitrogens with one attached hydrogen (secondary N) is 2. The number of aromatic amines is 1. The fraction of sp³-hybridized carbons (Fsp3) is 0.357. The molecule has 2 N–H and O–H groups in total. The van der Waals surface area contributed by atoms with Gasteiger partial charge in [-0.3, -0.25) is 9.82 Å². The summed E-state index contributed by atoms with van der Waals surface area (Å²) in [6, 6.07) is 5.80. The zero-order chi connectivity index (χ0) is 14.9. The summed E-state index contributed by atoms with van der Waals surface area (Å²) < 4.78 is 27.6. The molecule has 0 aliphatic heterocycles. The van der Waals surface area contributed by atoms with Crippen molar-refractivity contribution in [2.24, 2.45) is 0 Å². The molecule has 5 nitrogen and oxygen atoms in total. The standard InChI is InChI=1S/C14H19N3O2S/c1-5-12-7-6-9(2)13(8-12)17-20(18,19)14-10(3)15-16-11(14)4/h6-8,17H,5H2,1-4H3,(H,15,16). The predicted octanol–water partition coefficient (Wildman–Crippen LogP) is 2.70. The fourth-order valence-electron chi connectivity index (χ4n) is 2.13. The Labute approximate surface area is 119 Å². The molecule has 0 bridgehead atoms. The van der Waals surface area contributed by atoms with Crippen molar-refractivity contribution < 1.29 is 8.42 Å². The van der Waals surface area contributed by atoms with Crippen LogP contribution in [-0.4, -0.2) is 18.6 Å². The van der Waals surface area contributed by atoms with Crippen molar-refractivity contribution >= 4 is 15.7 Å². The molecule has 108 valence electrons. The molecular formula is C14H19N3O2S. The monoisotopic (exact) mass is 293 g/mol. The van der Waals surface area contributed by atoms with Crippen LogP contribution in [0.3, 0.4) is 0 Å². The average Bonchev–Trinajstić information content (AvgIpc) is 2.72.